The van der Waals surface area contributed by atoms with Gasteiger partial charge in [-0.3, -0.25) is 0 Å². The maximum absolute atomic E-state index is 12.7. The number of aryl methyl sites for hydroxylation is 1. The highest BCUT2D eigenvalue weighted by Gasteiger charge is 2.21. The Balaban J connectivity index is 1.49. The first-order valence-electron chi connectivity index (χ1n) is 9.69. The second-order valence-electron chi connectivity index (χ2n) is 7.20. The first kappa shape index (κ1) is 19.1. The summed E-state index contributed by atoms with van der Waals surface area (Å²) in [5, 5.41) is 0. The highest BCUT2D eigenvalue weighted by Crippen LogP contribution is 2.31. The Labute approximate surface area is 170 Å². The van der Waals surface area contributed by atoms with E-state index in [4.69, 9.17) is 14.2 Å². The van der Waals surface area contributed by atoms with Crippen molar-refractivity contribution in [3.8, 4) is 11.5 Å². The molecule has 3 aromatic rings. The topological polar surface area (TPSA) is 62.6 Å². The Bertz CT molecular complexity index is 1040. The van der Waals surface area contributed by atoms with E-state index in [-0.39, 0.29) is 12.5 Å². The van der Waals surface area contributed by atoms with Crippen LogP contribution < -0.4 is 9.47 Å². The quantitative estimate of drug-likeness (QED) is 0.649. The van der Waals surface area contributed by atoms with Crippen LogP contribution in [0.5, 0.6) is 11.5 Å². The van der Waals surface area contributed by atoms with Gasteiger partial charge in [0.15, 0.2) is 11.5 Å². The molecule has 2 heterocycles. The van der Waals surface area contributed by atoms with Gasteiger partial charge in [0.2, 0.25) is 0 Å². The Kier molecular flexibility index (Phi) is 5.25. The monoisotopic (exact) mass is 392 g/mol. The molecule has 1 aliphatic rings. The van der Waals surface area contributed by atoms with Gasteiger partial charge < -0.3 is 14.2 Å². The maximum atomic E-state index is 12.7. The zero-order valence-corrected chi connectivity index (χ0v) is 16.8. The molecule has 1 atom stereocenters. The fraction of sp³-hybridized carbons (Fsp3) is 0.304. The van der Waals surface area contributed by atoms with Gasteiger partial charge in [0.25, 0.3) is 0 Å². The molecule has 6 nitrogen and oxygen atoms in total. The lowest BCUT2D eigenvalue weighted by Gasteiger charge is -2.19. The average Bonchev–Trinajstić information content (AvgIpc) is 3.23. The van der Waals surface area contributed by atoms with Gasteiger partial charge in [-0.2, -0.15) is 0 Å². The molecule has 150 valence electrons. The third-order valence-electron chi connectivity index (χ3n) is 5.34. The van der Waals surface area contributed by atoms with Gasteiger partial charge in [0, 0.05) is 18.3 Å². The zero-order chi connectivity index (χ0) is 20.4. The molecule has 4 rings (SSSR count). The van der Waals surface area contributed by atoms with Crippen LogP contribution in [0.3, 0.4) is 0 Å². The number of carbonyl (C=O) groups is 1. The predicted octanol–water partition coefficient (Wildman–Crippen LogP) is 4.61. The fourth-order valence-corrected chi connectivity index (χ4v) is 3.56. The number of carbonyl (C=O) groups excluding carboxylic acids is 1. The minimum absolute atomic E-state index is 0.0354. The van der Waals surface area contributed by atoms with Crippen molar-refractivity contribution in [2.45, 2.75) is 33.3 Å². The molecule has 0 unspecified atom stereocenters. The fourth-order valence-electron chi connectivity index (χ4n) is 3.56. The third kappa shape index (κ3) is 3.83. The lowest BCUT2D eigenvalue weighted by molar-refractivity contribution is 0.139. The Morgan fingerprint density at radius 2 is 1.97 bits per heavy atom. The van der Waals surface area contributed by atoms with E-state index in [1.54, 1.807) is 12.4 Å². The second-order valence-corrected chi connectivity index (χ2v) is 7.20. The Morgan fingerprint density at radius 1 is 1.17 bits per heavy atom. The summed E-state index contributed by atoms with van der Waals surface area (Å²) in [6, 6.07) is 11.7. The van der Waals surface area contributed by atoms with Crippen molar-refractivity contribution >= 4 is 6.09 Å². The molecular formula is C23H24N2O4. The van der Waals surface area contributed by atoms with Crippen molar-refractivity contribution in [2.24, 2.45) is 0 Å². The number of fused-ring (bicyclic) bond motifs is 1. The minimum Gasteiger partial charge on any atom is -0.486 e. The van der Waals surface area contributed by atoms with Gasteiger partial charge in [-0.15, -0.1) is 0 Å². The van der Waals surface area contributed by atoms with E-state index in [9.17, 15) is 4.79 Å². The minimum atomic E-state index is -0.454. The van der Waals surface area contributed by atoms with Crippen LogP contribution in [-0.2, 0) is 11.3 Å². The second kappa shape index (κ2) is 7.99. The van der Waals surface area contributed by atoms with E-state index in [0.717, 1.165) is 11.1 Å². The van der Waals surface area contributed by atoms with Crippen molar-refractivity contribution in [1.82, 2.24) is 9.55 Å². The summed E-state index contributed by atoms with van der Waals surface area (Å²) >= 11 is 0. The molecule has 0 saturated heterocycles. The van der Waals surface area contributed by atoms with E-state index in [1.807, 2.05) is 24.3 Å². The zero-order valence-electron chi connectivity index (χ0n) is 16.8. The summed E-state index contributed by atoms with van der Waals surface area (Å²) in [5.41, 5.74) is 4.41. The molecule has 1 aliphatic heterocycles. The first-order chi connectivity index (χ1) is 14.0. The van der Waals surface area contributed by atoms with E-state index < -0.39 is 6.09 Å². The lowest BCUT2D eigenvalue weighted by Crippen LogP contribution is -2.18. The first-order valence-corrected chi connectivity index (χ1v) is 9.69. The summed E-state index contributed by atoms with van der Waals surface area (Å²) < 4.78 is 18.1. The number of aromatic nitrogens is 2. The summed E-state index contributed by atoms with van der Waals surface area (Å²) in [4.78, 5) is 17.1. The molecule has 0 fully saturated rings. The van der Waals surface area contributed by atoms with Gasteiger partial charge in [0.05, 0.1) is 0 Å². The molecule has 0 bridgehead atoms. The average molecular weight is 392 g/mol. The van der Waals surface area contributed by atoms with Crippen LogP contribution in [0.4, 0.5) is 4.79 Å². The largest absolute Gasteiger partial charge is 0.486 e. The molecule has 0 N–H and O–H groups in total. The standard InChI is InChI=1S/C23H24N2O4/c1-15-5-4-6-19(16(15)2)17(3)22-24-9-10-25(22)23(26)29-14-18-7-8-20-21(13-18)28-12-11-27-20/h4-10,13,17H,11-12,14H2,1-3H3/t17-/m0/s1. The predicted molar refractivity (Wildman–Crippen MR) is 109 cm³/mol. The summed E-state index contributed by atoms with van der Waals surface area (Å²) in [7, 11) is 0. The molecule has 0 saturated carbocycles. The molecule has 0 radical (unpaired) electrons. The summed E-state index contributed by atoms with van der Waals surface area (Å²) in [5.74, 6) is 2.01. The SMILES string of the molecule is Cc1cccc([C@H](C)c2nccn2C(=O)OCc2ccc3c(c2)OCCO3)c1C. The van der Waals surface area contributed by atoms with Gasteiger partial charge in [-0.05, 0) is 48.2 Å². The summed E-state index contributed by atoms with van der Waals surface area (Å²) in [6.07, 6.45) is 2.82. The molecule has 0 aliphatic carbocycles. The molecule has 29 heavy (non-hydrogen) atoms. The Hall–Kier alpha value is -3.28. The van der Waals surface area contributed by atoms with Crippen LogP contribution in [0.1, 0.15) is 40.9 Å². The van der Waals surface area contributed by atoms with Crippen molar-refractivity contribution in [3.63, 3.8) is 0 Å². The van der Waals surface area contributed by atoms with Crippen LogP contribution in [0.2, 0.25) is 0 Å². The molecule has 0 amide bonds. The van der Waals surface area contributed by atoms with Gasteiger partial charge in [-0.1, -0.05) is 31.2 Å². The summed E-state index contributed by atoms with van der Waals surface area (Å²) in [6.45, 7) is 7.43. The number of hydrogen-bond acceptors (Lipinski definition) is 5. The van der Waals surface area contributed by atoms with Gasteiger partial charge in [-0.25, -0.2) is 14.3 Å². The molecule has 0 spiro atoms. The smallest absolute Gasteiger partial charge is 0.419 e. The number of ether oxygens (including phenoxy) is 3. The van der Waals surface area contributed by atoms with Crippen molar-refractivity contribution in [2.75, 3.05) is 13.2 Å². The number of hydrogen-bond donors (Lipinski definition) is 0. The molecule has 2 aromatic carbocycles. The van der Waals surface area contributed by atoms with Crippen LogP contribution >= 0.6 is 0 Å². The van der Waals surface area contributed by atoms with E-state index >= 15 is 0 Å². The van der Waals surface area contributed by atoms with Crippen LogP contribution in [0, 0.1) is 13.8 Å². The highest BCUT2D eigenvalue weighted by molar-refractivity contribution is 5.71. The number of nitrogens with zero attached hydrogens (tertiary/aromatic N) is 2. The Morgan fingerprint density at radius 3 is 2.79 bits per heavy atom. The lowest BCUT2D eigenvalue weighted by atomic mass is 9.93. The maximum Gasteiger partial charge on any atom is 0.419 e. The van der Waals surface area contributed by atoms with Crippen LogP contribution in [0.25, 0.3) is 0 Å². The van der Waals surface area contributed by atoms with Crippen LogP contribution in [0.15, 0.2) is 48.8 Å². The van der Waals surface area contributed by atoms with Gasteiger partial charge >= 0.3 is 6.09 Å². The third-order valence-corrected chi connectivity index (χ3v) is 5.34. The normalized spacial score (nSPS) is 13.8. The molecular weight excluding hydrogens is 368 g/mol. The van der Waals surface area contributed by atoms with E-state index in [1.165, 1.54) is 15.7 Å². The number of benzene rings is 2. The van der Waals surface area contributed by atoms with Gasteiger partial charge in [0.1, 0.15) is 25.6 Å². The highest BCUT2D eigenvalue weighted by atomic mass is 16.6. The van der Waals surface area contributed by atoms with Crippen LogP contribution in [-0.4, -0.2) is 28.9 Å². The van der Waals surface area contributed by atoms with Crippen molar-refractivity contribution in [3.05, 3.63) is 76.9 Å². The molecule has 1 aromatic heterocycles. The number of imidazole rings is 1. The van der Waals surface area contributed by atoms with Crippen molar-refractivity contribution in [1.29, 1.82) is 0 Å². The number of rotatable bonds is 4. The molecule has 6 heteroatoms. The van der Waals surface area contributed by atoms with E-state index in [0.29, 0.717) is 30.5 Å². The van der Waals surface area contributed by atoms with E-state index in [2.05, 4.69) is 37.9 Å². The van der Waals surface area contributed by atoms with Crippen molar-refractivity contribution < 1.29 is 19.0 Å².